The zero-order valence-electron chi connectivity index (χ0n) is 6.55. The van der Waals surface area contributed by atoms with Crippen LogP contribution in [0.3, 0.4) is 0 Å². The van der Waals surface area contributed by atoms with Crippen molar-refractivity contribution in [3.63, 3.8) is 0 Å². The predicted molar refractivity (Wildman–Crippen MR) is 47.1 cm³/mol. The fraction of sp³-hybridized carbons (Fsp3) is 0.222. The molecule has 0 saturated heterocycles. The van der Waals surface area contributed by atoms with Crippen LogP contribution in [0.5, 0.6) is 0 Å². The van der Waals surface area contributed by atoms with Gasteiger partial charge in [0.25, 0.3) is 0 Å². The Hall–Kier alpha value is -0.530. The molecule has 0 aliphatic carbocycles. The number of benzene rings is 1. The van der Waals surface area contributed by atoms with Crippen molar-refractivity contribution in [2.45, 2.75) is 13.0 Å². The molecule has 1 aromatic rings. The highest BCUT2D eigenvalue weighted by Crippen LogP contribution is 2.14. The third-order valence-electron chi connectivity index (χ3n) is 1.73. The van der Waals surface area contributed by atoms with Gasteiger partial charge in [0.15, 0.2) is 0 Å². The molecule has 0 fully saturated rings. The summed E-state index contributed by atoms with van der Waals surface area (Å²) in [4.78, 5) is 0. The smallest absolute Gasteiger partial charge is 0.0848 e. The zero-order chi connectivity index (χ0) is 8.27. The minimum Gasteiger partial charge on any atom is -0.473 e. The van der Waals surface area contributed by atoms with Crippen molar-refractivity contribution in [2.24, 2.45) is 0 Å². The topological polar surface area (TPSA) is 16.6 Å². The molecule has 0 radical (unpaired) electrons. The number of halogens is 1. The average Bonchev–Trinajstić information content (AvgIpc) is 2.03. The Morgan fingerprint density at radius 2 is 2.27 bits per heavy atom. The van der Waals surface area contributed by atoms with Gasteiger partial charge in [-0.2, -0.15) is 7.05 Å². The highest BCUT2D eigenvalue weighted by Gasteiger charge is 2.02. The van der Waals surface area contributed by atoms with Gasteiger partial charge >= 0.3 is 0 Å². The van der Waals surface area contributed by atoms with Gasteiger partial charge in [0.2, 0.25) is 0 Å². The fourth-order valence-electron chi connectivity index (χ4n) is 0.926. The highest BCUT2D eigenvalue weighted by molar-refractivity contribution is 6.30. The maximum atomic E-state index is 5.81. The molecule has 0 unspecified atom stereocenters. The third kappa shape index (κ3) is 2.21. The summed E-state index contributed by atoms with van der Waals surface area (Å²) < 4.78 is 0. The number of rotatable bonds is 2. The van der Waals surface area contributed by atoms with E-state index in [1.54, 1.807) is 0 Å². The summed E-state index contributed by atoms with van der Waals surface area (Å²) in [5, 5.41) is 2.70. The van der Waals surface area contributed by atoms with Crippen LogP contribution in [0.25, 0.3) is 0 Å². The van der Waals surface area contributed by atoms with E-state index in [1.807, 2.05) is 23.5 Å². The van der Waals surface area contributed by atoms with Crippen molar-refractivity contribution < 1.29 is 5.32 Å². The number of nitrogens with two attached hydrogens (primary N) is 1. The third-order valence-corrected chi connectivity index (χ3v) is 1.96. The molecule has 0 amide bonds. The molecule has 0 aromatic heterocycles. The average molecular weight is 170 g/mol. The summed E-state index contributed by atoms with van der Waals surface area (Å²) in [7, 11) is 3.72. The van der Waals surface area contributed by atoms with Gasteiger partial charge in [0.05, 0.1) is 6.04 Å². The molecule has 0 spiro atoms. The van der Waals surface area contributed by atoms with Crippen LogP contribution in [0.2, 0.25) is 5.02 Å². The molecular formula is C9H12ClN. The van der Waals surface area contributed by atoms with E-state index in [0.29, 0.717) is 6.04 Å². The van der Waals surface area contributed by atoms with Crippen molar-refractivity contribution in [3.05, 3.63) is 41.9 Å². The predicted octanol–water partition coefficient (Wildman–Crippen LogP) is 1.76. The number of hydrogen-bond acceptors (Lipinski definition) is 0. The Morgan fingerprint density at radius 1 is 1.55 bits per heavy atom. The second kappa shape index (κ2) is 3.74. The second-order valence-corrected chi connectivity index (χ2v) is 3.02. The van der Waals surface area contributed by atoms with Crippen LogP contribution < -0.4 is 5.32 Å². The van der Waals surface area contributed by atoms with E-state index in [4.69, 9.17) is 11.6 Å². The Morgan fingerprint density at radius 3 is 2.82 bits per heavy atom. The molecule has 0 saturated carbocycles. The van der Waals surface area contributed by atoms with Crippen LogP contribution in [-0.2, 0) is 0 Å². The standard InChI is InChI=1S/C9H12ClN/c1-7(11-2)8-4-3-5-9(10)6-8/h3-7H,2,11H2,1H3/t7-/m1/s1. The molecule has 0 heterocycles. The fourth-order valence-corrected chi connectivity index (χ4v) is 1.12. The van der Waals surface area contributed by atoms with E-state index in [0.717, 1.165) is 5.02 Å². The van der Waals surface area contributed by atoms with Gasteiger partial charge in [-0.15, -0.1) is 0 Å². The first-order chi connectivity index (χ1) is 5.24. The highest BCUT2D eigenvalue weighted by atomic mass is 35.5. The summed E-state index contributed by atoms with van der Waals surface area (Å²) in [6.45, 7) is 2.10. The summed E-state index contributed by atoms with van der Waals surface area (Å²) in [5.41, 5.74) is 1.22. The zero-order valence-corrected chi connectivity index (χ0v) is 7.31. The number of quaternary nitrogens is 1. The summed E-state index contributed by atoms with van der Waals surface area (Å²) in [5.74, 6) is 0. The Labute approximate surface area is 72.4 Å². The molecule has 60 valence electrons. The van der Waals surface area contributed by atoms with Gasteiger partial charge in [0, 0.05) is 10.6 Å². The van der Waals surface area contributed by atoms with E-state index >= 15 is 0 Å². The van der Waals surface area contributed by atoms with Gasteiger partial charge in [-0.05, 0) is 19.1 Å². The molecule has 1 atom stereocenters. The minimum absolute atomic E-state index is 0.383. The molecule has 0 aliphatic rings. The van der Waals surface area contributed by atoms with Crippen molar-refractivity contribution >= 4 is 11.6 Å². The SMILES string of the molecule is [CH2-][NH2+][C@H](C)c1cccc(Cl)c1. The lowest BCUT2D eigenvalue weighted by Crippen LogP contribution is -2.77. The lowest BCUT2D eigenvalue weighted by atomic mass is 10.1. The van der Waals surface area contributed by atoms with Crippen molar-refractivity contribution in [3.8, 4) is 0 Å². The van der Waals surface area contributed by atoms with E-state index in [1.165, 1.54) is 5.56 Å². The van der Waals surface area contributed by atoms with E-state index < -0.39 is 0 Å². The molecule has 11 heavy (non-hydrogen) atoms. The van der Waals surface area contributed by atoms with E-state index in [2.05, 4.69) is 20.0 Å². The largest absolute Gasteiger partial charge is 0.473 e. The van der Waals surface area contributed by atoms with Gasteiger partial charge in [-0.3, -0.25) is 0 Å². The molecule has 1 rings (SSSR count). The van der Waals surface area contributed by atoms with Crippen LogP contribution in [-0.4, -0.2) is 0 Å². The van der Waals surface area contributed by atoms with E-state index in [9.17, 15) is 0 Å². The Kier molecular flexibility index (Phi) is 2.92. The molecule has 0 bridgehead atoms. The van der Waals surface area contributed by atoms with Crippen molar-refractivity contribution in [2.75, 3.05) is 0 Å². The van der Waals surface area contributed by atoms with Crippen LogP contribution in [0.15, 0.2) is 24.3 Å². The normalized spacial score (nSPS) is 13.0. The van der Waals surface area contributed by atoms with Gasteiger partial charge in [0.1, 0.15) is 0 Å². The van der Waals surface area contributed by atoms with Gasteiger partial charge in [-0.25, -0.2) is 0 Å². The first-order valence-corrected chi connectivity index (χ1v) is 4.00. The minimum atomic E-state index is 0.383. The molecule has 1 nitrogen and oxygen atoms in total. The number of hydrogen-bond donors (Lipinski definition) is 1. The molecule has 2 N–H and O–H groups in total. The summed E-state index contributed by atoms with van der Waals surface area (Å²) >= 11 is 5.81. The Balaban J connectivity index is 2.86. The van der Waals surface area contributed by atoms with E-state index in [-0.39, 0.29) is 0 Å². The molecule has 2 heteroatoms. The van der Waals surface area contributed by atoms with Crippen LogP contribution in [0.4, 0.5) is 0 Å². The molecular weight excluding hydrogens is 158 g/mol. The van der Waals surface area contributed by atoms with Crippen LogP contribution >= 0.6 is 11.6 Å². The monoisotopic (exact) mass is 169 g/mol. The lowest BCUT2D eigenvalue weighted by Gasteiger charge is -2.10. The molecule has 0 aliphatic heterocycles. The maximum Gasteiger partial charge on any atom is 0.0848 e. The maximum absolute atomic E-state index is 5.81. The first-order valence-electron chi connectivity index (χ1n) is 3.62. The summed E-state index contributed by atoms with van der Waals surface area (Å²) in [6.07, 6.45) is 0. The Bertz CT molecular complexity index is 235. The quantitative estimate of drug-likeness (QED) is 0.650. The van der Waals surface area contributed by atoms with Crippen molar-refractivity contribution in [1.29, 1.82) is 0 Å². The van der Waals surface area contributed by atoms with Gasteiger partial charge in [-0.1, -0.05) is 23.7 Å². The lowest BCUT2D eigenvalue weighted by molar-refractivity contribution is -0.637. The second-order valence-electron chi connectivity index (χ2n) is 2.58. The van der Waals surface area contributed by atoms with Crippen molar-refractivity contribution in [1.82, 2.24) is 0 Å². The van der Waals surface area contributed by atoms with Crippen LogP contribution in [0, 0.1) is 7.05 Å². The molecule has 1 aromatic carbocycles. The first kappa shape index (κ1) is 8.57. The van der Waals surface area contributed by atoms with Crippen LogP contribution in [0.1, 0.15) is 18.5 Å². The van der Waals surface area contributed by atoms with Gasteiger partial charge < -0.3 is 5.32 Å². The summed E-state index contributed by atoms with van der Waals surface area (Å²) in [6, 6.07) is 8.23.